The third-order valence-electron chi connectivity index (χ3n) is 2.79. The van der Waals surface area contributed by atoms with Crippen LogP contribution in [0.1, 0.15) is 21.7 Å². The van der Waals surface area contributed by atoms with Gasteiger partial charge in [0.25, 0.3) is 11.7 Å². The minimum atomic E-state index is -0.211. The van der Waals surface area contributed by atoms with Crippen LogP contribution < -0.4 is 5.32 Å². The largest absolute Gasteiger partial charge is 0.346 e. The average molecular weight is 257 g/mol. The van der Waals surface area contributed by atoms with Crippen LogP contribution in [-0.2, 0) is 6.54 Å². The monoisotopic (exact) mass is 257 g/mol. The average Bonchev–Trinajstić information content (AvgIpc) is 3.07. The van der Waals surface area contributed by atoms with E-state index in [1.807, 2.05) is 0 Å². The number of aromatic nitrogens is 6. The van der Waals surface area contributed by atoms with Gasteiger partial charge in [0.15, 0.2) is 0 Å². The number of H-pyrrole nitrogens is 1. The first-order valence-electron chi connectivity index (χ1n) is 5.67. The first-order chi connectivity index (χ1) is 9.25. The van der Waals surface area contributed by atoms with E-state index in [2.05, 4.69) is 30.6 Å². The van der Waals surface area contributed by atoms with Crippen molar-refractivity contribution >= 4 is 11.7 Å². The Labute approximate surface area is 107 Å². The molecule has 3 rings (SSSR count). The number of carbonyl (C=O) groups is 1. The minimum absolute atomic E-state index is 0.211. The first-order valence-corrected chi connectivity index (χ1v) is 5.67. The zero-order valence-corrected chi connectivity index (χ0v) is 10.2. The second-order valence-electron chi connectivity index (χ2n) is 3.99. The molecule has 96 valence electrons. The summed E-state index contributed by atoms with van der Waals surface area (Å²) in [5, 5.41) is 13.4. The molecule has 0 unspecified atom stereocenters. The zero-order valence-electron chi connectivity index (χ0n) is 10.2. The Morgan fingerprint density at radius 3 is 3.16 bits per heavy atom. The SMILES string of the molecule is Cc1c(C(=O)NCc2ccn[nH]2)cnc2ncnn12. The molecular weight excluding hydrogens is 246 g/mol. The van der Waals surface area contributed by atoms with Crippen LogP contribution in [0.5, 0.6) is 0 Å². The highest BCUT2D eigenvalue weighted by Crippen LogP contribution is 2.07. The van der Waals surface area contributed by atoms with Gasteiger partial charge in [0.1, 0.15) is 6.33 Å². The molecule has 0 aliphatic carbocycles. The van der Waals surface area contributed by atoms with Gasteiger partial charge in [-0.05, 0) is 13.0 Å². The smallest absolute Gasteiger partial charge is 0.255 e. The fourth-order valence-electron chi connectivity index (χ4n) is 1.77. The minimum Gasteiger partial charge on any atom is -0.346 e. The van der Waals surface area contributed by atoms with Crippen LogP contribution in [0.25, 0.3) is 5.78 Å². The topological polar surface area (TPSA) is 101 Å². The third-order valence-corrected chi connectivity index (χ3v) is 2.79. The Kier molecular flexibility index (Phi) is 2.67. The molecule has 3 heterocycles. The van der Waals surface area contributed by atoms with E-state index in [1.54, 1.807) is 19.2 Å². The zero-order chi connectivity index (χ0) is 13.2. The van der Waals surface area contributed by atoms with E-state index >= 15 is 0 Å². The summed E-state index contributed by atoms with van der Waals surface area (Å²) in [5.74, 6) is 0.264. The van der Waals surface area contributed by atoms with Gasteiger partial charge in [0.05, 0.1) is 23.5 Å². The molecule has 3 aromatic rings. The van der Waals surface area contributed by atoms with Crippen molar-refractivity contribution in [2.45, 2.75) is 13.5 Å². The van der Waals surface area contributed by atoms with Gasteiger partial charge in [-0.3, -0.25) is 9.89 Å². The molecule has 0 aromatic carbocycles. The molecule has 0 saturated heterocycles. The Morgan fingerprint density at radius 2 is 2.37 bits per heavy atom. The van der Waals surface area contributed by atoms with Crippen LogP contribution in [0.2, 0.25) is 0 Å². The van der Waals surface area contributed by atoms with Gasteiger partial charge in [0, 0.05) is 12.4 Å². The highest BCUT2D eigenvalue weighted by Gasteiger charge is 2.13. The van der Waals surface area contributed by atoms with E-state index in [-0.39, 0.29) is 5.91 Å². The van der Waals surface area contributed by atoms with Gasteiger partial charge in [-0.25, -0.2) is 9.50 Å². The lowest BCUT2D eigenvalue weighted by molar-refractivity contribution is 0.0948. The van der Waals surface area contributed by atoms with Crippen LogP contribution in [0.15, 0.2) is 24.8 Å². The van der Waals surface area contributed by atoms with Gasteiger partial charge in [-0.15, -0.1) is 0 Å². The summed E-state index contributed by atoms with van der Waals surface area (Å²) in [7, 11) is 0. The maximum Gasteiger partial charge on any atom is 0.255 e. The number of aryl methyl sites for hydroxylation is 1. The van der Waals surface area contributed by atoms with Crippen molar-refractivity contribution in [2.24, 2.45) is 0 Å². The van der Waals surface area contributed by atoms with Crippen LogP contribution in [0.4, 0.5) is 0 Å². The standard InChI is InChI=1S/C11H11N7O/c1-7-9(5-13-11-14-6-16-18(7)11)10(19)12-4-8-2-3-15-17-8/h2-3,5-6H,4H2,1H3,(H,12,19)(H,15,17). The number of fused-ring (bicyclic) bond motifs is 1. The highest BCUT2D eigenvalue weighted by molar-refractivity contribution is 5.95. The number of hydrogen-bond acceptors (Lipinski definition) is 5. The lowest BCUT2D eigenvalue weighted by Crippen LogP contribution is -2.25. The maximum absolute atomic E-state index is 12.1. The van der Waals surface area contributed by atoms with Crippen LogP contribution in [0, 0.1) is 6.92 Å². The number of rotatable bonds is 3. The maximum atomic E-state index is 12.1. The lowest BCUT2D eigenvalue weighted by Gasteiger charge is -2.07. The molecule has 0 atom stereocenters. The Hall–Kier alpha value is -2.77. The molecule has 0 fully saturated rings. The van der Waals surface area contributed by atoms with Gasteiger partial charge in [0.2, 0.25) is 0 Å². The van der Waals surface area contributed by atoms with Crippen molar-refractivity contribution in [3.8, 4) is 0 Å². The van der Waals surface area contributed by atoms with Crippen molar-refractivity contribution in [1.82, 2.24) is 35.1 Å². The van der Waals surface area contributed by atoms with Crippen molar-refractivity contribution in [2.75, 3.05) is 0 Å². The van der Waals surface area contributed by atoms with Crippen LogP contribution in [0.3, 0.4) is 0 Å². The number of aromatic amines is 1. The number of nitrogens with one attached hydrogen (secondary N) is 2. The molecule has 8 nitrogen and oxygen atoms in total. The molecule has 0 bridgehead atoms. The summed E-state index contributed by atoms with van der Waals surface area (Å²) in [5.41, 5.74) is 2.00. The van der Waals surface area contributed by atoms with E-state index in [1.165, 1.54) is 17.0 Å². The van der Waals surface area contributed by atoms with Crippen molar-refractivity contribution < 1.29 is 4.79 Å². The number of hydrogen-bond donors (Lipinski definition) is 2. The van der Waals surface area contributed by atoms with E-state index in [0.717, 1.165) is 5.69 Å². The fraction of sp³-hybridized carbons (Fsp3) is 0.182. The summed E-state index contributed by atoms with van der Waals surface area (Å²) in [6, 6.07) is 1.80. The fourth-order valence-corrected chi connectivity index (χ4v) is 1.77. The van der Waals surface area contributed by atoms with Crippen LogP contribution in [-0.4, -0.2) is 35.7 Å². The first kappa shape index (κ1) is 11.3. The molecule has 0 aliphatic heterocycles. The molecule has 0 saturated carbocycles. The number of nitrogens with zero attached hydrogens (tertiary/aromatic N) is 5. The number of amides is 1. The van der Waals surface area contributed by atoms with E-state index < -0.39 is 0 Å². The predicted octanol–water partition coefficient (Wildman–Crippen LogP) is 0.0858. The number of carbonyl (C=O) groups excluding carboxylic acids is 1. The lowest BCUT2D eigenvalue weighted by atomic mass is 10.2. The van der Waals surface area contributed by atoms with E-state index in [4.69, 9.17) is 0 Å². The molecular formula is C11H11N7O. The third kappa shape index (κ3) is 2.03. The van der Waals surface area contributed by atoms with Gasteiger partial charge in [-0.1, -0.05) is 0 Å². The van der Waals surface area contributed by atoms with Crippen molar-refractivity contribution in [1.29, 1.82) is 0 Å². The summed E-state index contributed by atoms with van der Waals surface area (Å²) in [4.78, 5) is 20.1. The second-order valence-corrected chi connectivity index (χ2v) is 3.99. The molecule has 19 heavy (non-hydrogen) atoms. The normalized spacial score (nSPS) is 10.8. The van der Waals surface area contributed by atoms with Crippen molar-refractivity contribution in [3.05, 3.63) is 41.7 Å². The Balaban J connectivity index is 1.83. The Morgan fingerprint density at radius 1 is 1.47 bits per heavy atom. The molecule has 2 N–H and O–H groups in total. The Bertz CT molecular complexity index is 716. The summed E-state index contributed by atoms with van der Waals surface area (Å²) in [6.07, 6.45) is 4.54. The molecule has 8 heteroatoms. The molecule has 0 aliphatic rings. The molecule has 0 radical (unpaired) electrons. The quantitative estimate of drug-likeness (QED) is 0.692. The highest BCUT2D eigenvalue weighted by atomic mass is 16.1. The van der Waals surface area contributed by atoms with Gasteiger partial charge in [-0.2, -0.15) is 15.2 Å². The van der Waals surface area contributed by atoms with Crippen LogP contribution >= 0.6 is 0 Å². The molecule has 3 aromatic heterocycles. The molecule has 1 amide bonds. The van der Waals surface area contributed by atoms with Gasteiger partial charge < -0.3 is 5.32 Å². The summed E-state index contributed by atoms with van der Waals surface area (Å²) >= 11 is 0. The second kappa shape index (κ2) is 4.48. The van der Waals surface area contributed by atoms with Gasteiger partial charge >= 0.3 is 0 Å². The summed E-state index contributed by atoms with van der Waals surface area (Å²) in [6.45, 7) is 2.18. The predicted molar refractivity (Wildman–Crippen MR) is 65.3 cm³/mol. The molecule has 0 spiro atoms. The van der Waals surface area contributed by atoms with E-state index in [0.29, 0.717) is 23.6 Å². The van der Waals surface area contributed by atoms with Crippen molar-refractivity contribution in [3.63, 3.8) is 0 Å². The summed E-state index contributed by atoms with van der Waals surface area (Å²) < 4.78 is 1.53. The van der Waals surface area contributed by atoms with E-state index in [9.17, 15) is 4.79 Å².